The fourth-order valence-electron chi connectivity index (χ4n) is 6.21. The van der Waals surface area contributed by atoms with Crippen LogP contribution in [0.2, 0.25) is 0 Å². The Kier molecular flexibility index (Phi) is 11.8. The Morgan fingerprint density at radius 1 is 0.911 bits per heavy atom. The summed E-state index contributed by atoms with van der Waals surface area (Å²) in [5, 5.41) is 87.4. The molecule has 260 valence electrons. The van der Waals surface area contributed by atoms with Crippen LogP contribution in [0, 0.1) is 5.92 Å². The maximum absolute atomic E-state index is 13.2. The summed E-state index contributed by atoms with van der Waals surface area (Å²) in [7, 11) is 0. The highest BCUT2D eigenvalue weighted by molar-refractivity contribution is 5.92. The van der Waals surface area contributed by atoms with Crippen LogP contribution < -0.4 is 28.3 Å². The minimum atomic E-state index is -1.86. The number of ketones is 1. The van der Waals surface area contributed by atoms with E-state index in [1.807, 2.05) is 6.92 Å². The van der Waals surface area contributed by atoms with E-state index in [-0.39, 0.29) is 31.8 Å². The first-order chi connectivity index (χ1) is 21.1. The van der Waals surface area contributed by atoms with Gasteiger partial charge in [0.25, 0.3) is 0 Å². The number of aliphatic hydroxyl groups excluding tert-OH is 7. The highest BCUT2D eigenvalue weighted by atomic mass is 16.7. The van der Waals surface area contributed by atoms with Gasteiger partial charge in [-0.15, -0.1) is 0 Å². The zero-order chi connectivity index (χ0) is 33.4. The molecule has 4 fully saturated rings. The molecular weight excluding hydrogens is 604 g/mol. The molecule has 2 heterocycles. The lowest BCUT2D eigenvalue weighted by Crippen LogP contribution is -2.67. The highest BCUT2D eigenvalue weighted by Crippen LogP contribution is 2.43. The Morgan fingerprint density at radius 3 is 2.16 bits per heavy atom. The van der Waals surface area contributed by atoms with Crippen LogP contribution in [0.3, 0.4) is 0 Å². The van der Waals surface area contributed by atoms with Crippen molar-refractivity contribution < 1.29 is 64.6 Å². The van der Waals surface area contributed by atoms with Crippen LogP contribution in [0.25, 0.3) is 0 Å². The molecule has 4 aliphatic rings. The summed E-state index contributed by atoms with van der Waals surface area (Å²) in [5.41, 5.74) is 21.2. The molecule has 0 bridgehead atoms. The van der Waals surface area contributed by atoms with Crippen molar-refractivity contribution >= 4 is 11.7 Å². The molecule has 45 heavy (non-hydrogen) atoms. The van der Waals surface area contributed by atoms with Crippen molar-refractivity contribution in [2.75, 3.05) is 19.7 Å². The smallest absolute Gasteiger partial charge is 0.187 e. The van der Waals surface area contributed by atoms with Crippen LogP contribution in [0.5, 0.6) is 0 Å². The van der Waals surface area contributed by atoms with Crippen LogP contribution >= 0.6 is 0 Å². The Bertz CT molecular complexity index is 1040. The number of carbonyl (C=O) groups excluding carboxylic acids is 1. The number of hydrogen-bond acceptors (Lipinski definition) is 17. The molecule has 0 aromatic heterocycles. The third-order valence-corrected chi connectivity index (χ3v) is 9.05. The van der Waals surface area contributed by atoms with Crippen LogP contribution in [-0.4, -0.2) is 170 Å². The lowest BCUT2D eigenvalue weighted by Gasteiger charge is -2.49. The minimum Gasteiger partial charge on any atom is -0.394 e. The summed E-state index contributed by atoms with van der Waals surface area (Å²) < 4.78 is 23.1. The third-order valence-electron chi connectivity index (χ3n) is 9.05. The van der Waals surface area contributed by atoms with Gasteiger partial charge in [-0.1, -0.05) is 6.92 Å². The number of nitrogens with zero attached hydrogens (tertiary/aromatic N) is 1. The molecule has 19 heteroatoms. The molecule has 2 aliphatic heterocycles. The van der Waals surface area contributed by atoms with Crippen molar-refractivity contribution in [1.29, 1.82) is 0 Å². The second-order valence-corrected chi connectivity index (χ2v) is 12.3. The van der Waals surface area contributed by atoms with E-state index in [1.165, 1.54) is 0 Å². The van der Waals surface area contributed by atoms with Crippen LogP contribution in [-0.2, 0) is 23.7 Å². The molecule has 0 spiro atoms. The number of carbonyl (C=O) groups is 1. The number of ether oxygens (including phenoxy) is 4. The molecule has 2 saturated carbocycles. The molecule has 4 rings (SSSR count). The van der Waals surface area contributed by atoms with Gasteiger partial charge in [-0.25, -0.2) is 4.99 Å². The number of nitrogens with two attached hydrogens (primary N) is 4. The summed E-state index contributed by atoms with van der Waals surface area (Å²) in [4.78, 5) is 17.1. The molecule has 0 aromatic rings. The quantitative estimate of drug-likeness (QED) is 0.0687. The fraction of sp³-hybridized carbons (Fsp3) is 0.923. The average Bonchev–Trinajstić information content (AvgIpc) is 3.65. The molecule has 19 nitrogen and oxygen atoms in total. The van der Waals surface area contributed by atoms with Crippen LogP contribution in [0.15, 0.2) is 4.99 Å². The summed E-state index contributed by atoms with van der Waals surface area (Å²) in [6.45, 7) is 1.77. The van der Waals surface area contributed by atoms with Gasteiger partial charge in [0.15, 0.2) is 24.3 Å². The van der Waals surface area contributed by atoms with Gasteiger partial charge in [0.05, 0.1) is 24.8 Å². The number of likely N-dealkylation sites (N-methyl/N-ethyl adjacent to an activating group) is 1. The van der Waals surface area contributed by atoms with E-state index in [1.54, 1.807) is 0 Å². The van der Waals surface area contributed by atoms with Gasteiger partial charge in [0.2, 0.25) is 0 Å². The second kappa shape index (κ2) is 14.6. The largest absolute Gasteiger partial charge is 0.394 e. The van der Waals surface area contributed by atoms with E-state index >= 15 is 0 Å². The van der Waals surface area contributed by atoms with Crippen LogP contribution in [0.4, 0.5) is 0 Å². The van der Waals surface area contributed by atoms with E-state index in [9.17, 15) is 45.6 Å². The normalized spacial score (nSPS) is 48.5. The van der Waals surface area contributed by atoms with Gasteiger partial charge in [-0.2, -0.15) is 0 Å². The molecule has 17 atom stereocenters. The molecule has 17 N–H and O–H groups in total. The highest BCUT2D eigenvalue weighted by Gasteiger charge is 2.60. The number of guanidine groups is 1. The zero-order valence-corrected chi connectivity index (χ0v) is 24.9. The van der Waals surface area contributed by atoms with Gasteiger partial charge in [0.1, 0.15) is 60.5 Å². The predicted molar refractivity (Wildman–Crippen MR) is 152 cm³/mol. The van der Waals surface area contributed by atoms with E-state index in [2.05, 4.69) is 10.3 Å². The Labute approximate surface area is 259 Å². The molecule has 2 saturated heterocycles. The van der Waals surface area contributed by atoms with Crippen molar-refractivity contribution in [3.05, 3.63) is 0 Å². The third kappa shape index (κ3) is 7.58. The number of Topliss-reactive ketones (excluding diaryl/α,β-unsaturated/α-hetero) is 1. The standard InChI is InChI=1S/C26H48N6O13/c1-2-31-6-10-16(36)18(38)19(39)24(42-10)45-22-9(27)3-8(4-13(34)26(41)5-12(26)32-25(29)30)21(20(22)40)44-23-17(37)14(28)15(35)11(7-33)43-23/h8-12,14-24,31,33,35-41H,2-7,27-28H2,1H3,(H4,29,30,32)/t8-,9-,10+,11+,12?,14-,15+,16+,17+,18-,19+,20+,21-,22?,23+,24+,26?/m0/s1. The SMILES string of the molecule is CCNC[C@H]1O[C@H](OC2[C@@H](N)C[C@@H](CC(=O)C3(O)CC3N=C(N)N)[C@H](O[C@H]3O[C@H](CO)[C@@H](O)[C@H](N)[C@H]3O)[C@H]2O)[C@H](O)[C@@H](O)[C@@H]1O. The summed E-state index contributed by atoms with van der Waals surface area (Å²) in [5.74, 6) is -1.88. The van der Waals surface area contributed by atoms with Gasteiger partial charge >= 0.3 is 0 Å². The predicted octanol–water partition coefficient (Wildman–Crippen LogP) is -7.62. The number of rotatable bonds is 12. The van der Waals surface area contributed by atoms with Gasteiger partial charge in [-0.3, -0.25) is 4.79 Å². The molecule has 3 unspecified atom stereocenters. The summed E-state index contributed by atoms with van der Waals surface area (Å²) in [6, 6.07) is -3.18. The Hall–Kier alpha value is -1.66. The lowest BCUT2D eigenvalue weighted by atomic mass is 9.76. The summed E-state index contributed by atoms with van der Waals surface area (Å²) >= 11 is 0. The monoisotopic (exact) mass is 652 g/mol. The van der Waals surface area contributed by atoms with Crippen molar-refractivity contribution in [2.45, 2.75) is 124 Å². The zero-order valence-electron chi connectivity index (χ0n) is 24.9. The average molecular weight is 653 g/mol. The number of aliphatic imine (C=N–C) groups is 1. The molecule has 2 aliphatic carbocycles. The molecular formula is C26H48N6O13. The van der Waals surface area contributed by atoms with E-state index < -0.39 is 116 Å². The first kappa shape index (κ1) is 36.2. The fourth-order valence-corrected chi connectivity index (χ4v) is 6.21. The van der Waals surface area contributed by atoms with E-state index in [0.29, 0.717) is 6.54 Å². The van der Waals surface area contributed by atoms with Crippen molar-refractivity contribution in [3.8, 4) is 0 Å². The summed E-state index contributed by atoms with van der Waals surface area (Å²) in [6.07, 6.45) is -18.2. The van der Waals surface area contributed by atoms with E-state index in [0.717, 1.165) is 0 Å². The molecule has 0 aromatic carbocycles. The first-order valence-corrected chi connectivity index (χ1v) is 15.0. The maximum Gasteiger partial charge on any atom is 0.187 e. The Morgan fingerprint density at radius 2 is 1.53 bits per heavy atom. The lowest BCUT2D eigenvalue weighted by molar-refractivity contribution is -0.335. The topological polar surface area (TPSA) is 344 Å². The van der Waals surface area contributed by atoms with E-state index in [4.69, 9.17) is 41.9 Å². The van der Waals surface area contributed by atoms with Crippen molar-refractivity contribution in [3.63, 3.8) is 0 Å². The minimum absolute atomic E-state index is 0.0309. The Balaban J connectivity index is 1.57. The second-order valence-electron chi connectivity index (χ2n) is 12.3. The van der Waals surface area contributed by atoms with Gasteiger partial charge in [-0.05, 0) is 18.9 Å². The van der Waals surface area contributed by atoms with Crippen molar-refractivity contribution in [1.82, 2.24) is 5.32 Å². The molecule has 0 amide bonds. The number of aliphatic hydroxyl groups is 8. The number of nitrogens with one attached hydrogen (secondary N) is 1. The van der Waals surface area contributed by atoms with Gasteiger partial charge in [0, 0.05) is 25.4 Å². The molecule has 0 radical (unpaired) electrons. The van der Waals surface area contributed by atoms with Crippen LogP contribution in [0.1, 0.15) is 26.2 Å². The first-order valence-electron chi connectivity index (χ1n) is 15.0. The number of hydrogen-bond donors (Lipinski definition) is 13. The maximum atomic E-state index is 13.2. The van der Waals surface area contributed by atoms with Crippen molar-refractivity contribution in [2.24, 2.45) is 33.8 Å². The van der Waals surface area contributed by atoms with Gasteiger partial charge < -0.3 is 88.1 Å².